The minimum absolute atomic E-state index is 0.568. The van der Waals surface area contributed by atoms with E-state index in [1.165, 1.54) is 5.39 Å². The van der Waals surface area contributed by atoms with E-state index in [0.29, 0.717) is 5.89 Å². The molecule has 8 aromatic carbocycles. The summed E-state index contributed by atoms with van der Waals surface area (Å²) in [6, 6.07) is 54.3. The fourth-order valence-corrected chi connectivity index (χ4v) is 7.56. The molecule has 0 atom stereocenters. The van der Waals surface area contributed by atoms with Crippen molar-refractivity contribution in [3.05, 3.63) is 158 Å². The maximum absolute atomic E-state index is 6.76. The van der Waals surface area contributed by atoms with E-state index in [-0.39, 0.29) is 0 Å². The smallest absolute Gasteiger partial charge is 0.228 e. The van der Waals surface area contributed by atoms with Gasteiger partial charge in [-0.1, -0.05) is 91.0 Å². The molecule has 0 radical (unpaired) electrons. The van der Waals surface area contributed by atoms with Crippen molar-refractivity contribution in [1.82, 2.24) is 4.98 Å². The number of benzene rings is 8. The first-order chi connectivity index (χ1) is 24.8. The Morgan fingerprint density at radius 2 is 1.18 bits per heavy atom. The molecule has 3 heterocycles. The standard InChI is InChI=1S/C45H26N2O3/c1-2-13-30(14-3-1)47(31-21-22-33-36-24-28-11-4-5-12-29(28)25-40(36)48-41(33)26-31)37-18-8-16-34-42-35(17-9-19-38(42)49-44(34)37)45-46-43-32-15-7-6-10-27(32)20-23-39(43)50-45/h1-26H. The average molecular weight is 643 g/mol. The van der Waals surface area contributed by atoms with Crippen LogP contribution < -0.4 is 4.90 Å². The number of para-hydroxylation sites is 2. The van der Waals surface area contributed by atoms with Crippen molar-refractivity contribution in [2.45, 2.75) is 0 Å². The molecule has 0 aliphatic carbocycles. The van der Waals surface area contributed by atoms with E-state index in [0.717, 1.165) is 93.8 Å². The minimum Gasteiger partial charge on any atom is -0.456 e. The van der Waals surface area contributed by atoms with Gasteiger partial charge < -0.3 is 18.2 Å². The predicted molar refractivity (Wildman–Crippen MR) is 204 cm³/mol. The van der Waals surface area contributed by atoms with Crippen molar-refractivity contribution in [1.29, 1.82) is 0 Å². The van der Waals surface area contributed by atoms with E-state index in [1.54, 1.807) is 0 Å². The topological polar surface area (TPSA) is 55.6 Å². The molecule has 0 aliphatic heterocycles. The molecule has 5 heteroatoms. The lowest BCUT2D eigenvalue weighted by atomic mass is 10.0. The summed E-state index contributed by atoms with van der Waals surface area (Å²) < 4.78 is 19.7. The van der Waals surface area contributed by atoms with Crippen LogP contribution in [0.25, 0.3) is 88.0 Å². The quantitative estimate of drug-likeness (QED) is 0.191. The van der Waals surface area contributed by atoms with Gasteiger partial charge in [0.15, 0.2) is 11.2 Å². The molecule has 11 rings (SSSR count). The van der Waals surface area contributed by atoms with Gasteiger partial charge in [0, 0.05) is 44.2 Å². The molecular weight excluding hydrogens is 617 g/mol. The molecule has 0 unspecified atom stereocenters. The maximum atomic E-state index is 6.76. The third kappa shape index (κ3) is 3.98. The lowest BCUT2D eigenvalue weighted by molar-refractivity contribution is 0.620. The van der Waals surface area contributed by atoms with Gasteiger partial charge in [-0.15, -0.1) is 0 Å². The highest BCUT2D eigenvalue weighted by Gasteiger charge is 2.23. The van der Waals surface area contributed by atoms with Crippen LogP contribution in [0.5, 0.6) is 0 Å². The van der Waals surface area contributed by atoms with Crippen LogP contribution in [0.15, 0.2) is 171 Å². The Kier molecular flexibility index (Phi) is 5.60. The Hall–Kier alpha value is -6.85. The Morgan fingerprint density at radius 3 is 2.08 bits per heavy atom. The van der Waals surface area contributed by atoms with Crippen molar-refractivity contribution in [2.75, 3.05) is 4.90 Å². The fraction of sp³-hybridized carbons (Fsp3) is 0. The largest absolute Gasteiger partial charge is 0.456 e. The molecule has 0 N–H and O–H groups in total. The number of hydrogen-bond donors (Lipinski definition) is 0. The summed E-state index contributed by atoms with van der Waals surface area (Å²) in [6.07, 6.45) is 0. The molecule has 0 spiro atoms. The molecule has 0 bridgehead atoms. The zero-order valence-electron chi connectivity index (χ0n) is 26.6. The van der Waals surface area contributed by atoms with Crippen LogP contribution >= 0.6 is 0 Å². The Labute approximate surface area is 285 Å². The summed E-state index contributed by atoms with van der Waals surface area (Å²) in [5.74, 6) is 0.568. The van der Waals surface area contributed by atoms with Gasteiger partial charge >= 0.3 is 0 Å². The van der Waals surface area contributed by atoms with Crippen LogP contribution in [0.2, 0.25) is 0 Å². The summed E-state index contributed by atoms with van der Waals surface area (Å²) in [6.45, 7) is 0. The molecule has 0 fully saturated rings. The lowest BCUT2D eigenvalue weighted by Crippen LogP contribution is -2.09. The first kappa shape index (κ1) is 27.1. The Balaban J connectivity index is 1.12. The summed E-state index contributed by atoms with van der Waals surface area (Å²) >= 11 is 0. The van der Waals surface area contributed by atoms with Crippen LogP contribution in [-0.2, 0) is 0 Å². The monoisotopic (exact) mass is 642 g/mol. The first-order valence-corrected chi connectivity index (χ1v) is 16.7. The molecule has 11 aromatic rings. The SMILES string of the molecule is c1ccc(N(c2ccc3c(c2)oc2cc4ccccc4cc23)c2cccc3c2oc2cccc(-c4nc5c(ccc6ccccc65)o4)c23)cc1. The first-order valence-electron chi connectivity index (χ1n) is 16.7. The van der Waals surface area contributed by atoms with Gasteiger partial charge in [-0.2, -0.15) is 0 Å². The number of nitrogens with zero attached hydrogens (tertiary/aromatic N) is 2. The molecule has 0 saturated carbocycles. The van der Waals surface area contributed by atoms with Gasteiger partial charge in [-0.05, 0) is 76.8 Å². The van der Waals surface area contributed by atoms with E-state index in [1.807, 2.05) is 36.4 Å². The molecule has 3 aromatic heterocycles. The second-order valence-electron chi connectivity index (χ2n) is 12.7. The Bertz CT molecular complexity index is 3110. The van der Waals surface area contributed by atoms with Gasteiger partial charge in [0.05, 0.1) is 11.4 Å². The van der Waals surface area contributed by atoms with Gasteiger partial charge in [0.25, 0.3) is 0 Å². The van der Waals surface area contributed by atoms with Crippen LogP contribution in [0, 0.1) is 0 Å². The molecule has 0 aliphatic rings. The third-order valence-corrected chi connectivity index (χ3v) is 9.85. The van der Waals surface area contributed by atoms with Gasteiger partial charge in [0.1, 0.15) is 22.3 Å². The van der Waals surface area contributed by atoms with Crippen molar-refractivity contribution in [2.24, 2.45) is 0 Å². The summed E-state index contributed by atoms with van der Waals surface area (Å²) in [4.78, 5) is 7.27. The van der Waals surface area contributed by atoms with Gasteiger partial charge in [-0.3, -0.25) is 0 Å². The van der Waals surface area contributed by atoms with Crippen LogP contribution in [0.4, 0.5) is 17.1 Å². The molecule has 5 nitrogen and oxygen atoms in total. The minimum atomic E-state index is 0.568. The van der Waals surface area contributed by atoms with Crippen molar-refractivity contribution < 1.29 is 13.3 Å². The van der Waals surface area contributed by atoms with Crippen molar-refractivity contribution in [3.8, 4) is 11.5 Å². The number of oxazole rings is 1. The molecular formula is C45H26N2O3. The van der Waals surface area contributed by atoms with E-state index in [2.05, 4.69) is 126 Å². The summed E-state index contributed by atoms with van der Waals surface area (Å²) in [5, 5.41) is 8.69. The van der Waals surface area contributed by atoms with Crippen molar-refractivity contribution in [3.63, 3.8) is 0 Å². The van der Waals surface area contributed by atoms with E-state index in [4.69, 9.17) is 18.2 Å². The number of rotatable bonds is 4. The van der Waals surface area contributed by atoms with E-state index < -0.39 is 0 Å². The van der Waals surface area contributed by atoms with Crippen molar-refractivity contribution >= 4 is 93.6 Å². The van der Waals surface area contributed by atoms with E-state index in [9.17, 15) is 0 Å². The number of hydrogen-bond acceptors (Lipinski definition) is 5. The molecule has 0 amide bonds. The average Bonchev–Trinajstić information content (AvgIpc) is 3.88. The number of aromatic nitrogens is 1. The second kappa shape index (κ2) is 10.3. The number of anilines is 3. The lowest BCUT2D eigenvalue weighted by Gasteiger charge is -2.25. The highest BCUT2D eigenvalue weighted by atomic mass is 16.4. The summed E-state index contributed by atoms with van der Waals surface area (Å²) in [5.41, 5.74) is 8.64. The summed E-state index contributed by atoms with van der Waals surface area (Å²) in [7, 11) is 0. The zero-order valence-corrected chi connectivity index (χ0v) is 26.6. The second-order valence-corrected chi connectivity index (χ2v) is 12.7. The van der Waals surface area contributed by atoms with Crippen LogP contribution in [0.1, 0.15) is 0 Å². The third-order valence-electron chi connectivity index (χ3n) is 9.85. The zero-order chi connectivity index (χ0) is 32.8. The molecule has 0 saturated heterocycles. The normalized spacial score (nSPS) is 12.0. The fourth-order valence-electron chi connectivity index (χ4n) is 7.56. The van der Waals surface area contributed by atoms with E-state index >= 15 is 0 Å². The highest BCUT2D eigenvalue weighted by Crippen LogP contribution is 2.45. The predicted octanol–water partition coefficient (Wildman–Crippen LogP) is 13.1. The number of furan rings is 2. The van der Waals surface area contributed by atoms with Gasteiger partial charge in [0.2, 0.25) is 5.89 Å². The van der Waals surface area contributed by atoms with Crippen LogP contribution in [0.3, 0.4) is 0 Å². The highest BCUT2D eigenvalue weighted by molar-refractivity contribution is 6.16. The number of fused-ring (bicyclic) bond motifs is 10. The molecule has 234 valence electrons. The van der Waals surface area contributed by atoms with Gasteiger partial charge in [-0.25, -0.2) is 4.98 Å². The maximum Gasteiger partial charge on any atom is 0.228 e. The van der Waals surface area contributed by atoms with Crippen LogP contribution in [-0.4, -0.2) is 4.98 Å². The Morgan fingerprint density at radius 1 is 0.420 bits per heavy atom. The molecule has 50 heavy (non-hydrogen) atoms.